The normalized spacial score (nSPS) is 26.7. The van der Waals surface area contributed by atoms with Crippen LogP contribution in [0, 0.1) is 0 Å². The first kappa shape index (κ1) is 21.1. The van der Waals surface area contributed by atoms with E-state index >= 15 is 0 Å². The first-order chi connectivity index (χ1) is 12.0. The summed E-state index contributed by atoms with van der Waals surface area (Å²) in [5.41, 5.74) is 1.08. The van der Waals surface area contributed by atoms with E-state index in [4.69, 9.17) is 13.9 Å². The number of hydrogen-bond acceptors (Lipinski definition) is 5. The predicted molar refractivity (Wildman–Crippen MR) is 104 cm³/mol. The van der Waals surface area contributed by atoms with Crippen LogP contribution in [-0.2, 0) is 25.1 Å². The molecular formula is C20H32O5Si. The molecule has 0 bridgehead atoms. The molecule has 1 aromatic rings. The Morgan fingerprint density at radius 2 is 1.81 bits per heavy atom. The smallest absolute Gasteiger partial charge is 0.303 e. The first-order valence-electron chi connectivity index (χ1n) is 9.20. The van der Waals surface area contributed by atoms with Crippen LogP contribution in [0.15, 0.2) is 30.3 Å². The largest absolute Gasteiger partial charge is 0.457 e. The van der Waals surface area contributed by atoms with Crippen molar-refractivity contribution in [1.29, 1.82) is 0 Å². The molecule has 4 atom stereocenters. The molecule has 1 aliphatic heterocycles. The number of ether oxygens (including phenoxy) is 2. The van der Waals surface area contributed by atoms with E-state index in [0.29, 0.717) is 13.0 Å². The Hall–Kier alpha value is -1.21. The Labute approximate surface area is 157 Å². The number of aliphatic hydroxyl groups excluding tert-OH is 1. The molecule has 0 saturated carbocycles. The van der Waals surface area contributed by atoms with Gasteiger partial charge in [-0.2, -0.15) is 0 Å². The molecule has 0 amide bonds. The van der Waals surface area contributed by atoms with Crippen molar-refractivity contribution in [3.05, 3.63) is 35.9 Å². The number of rotatable bonds is 6. The molecule has 1 N–H and O–H groups in total. The molecule has 6 heteroatoms. The molecule has 0 aliphatic carbocycles. The summed E-state index contributed by atoms with van der Waals surface area (Å²) in [6, 6.07) is 9.87. The highest BCUT2D eigenvalue weighted by Crippen LogP contribution is 2.37. The van der Waals surface area contributed by atoms with E-state index < -0.39 is 32.6 Å². The maximum Gasteiger partial charge on any atom is 0.303 e. The van der Waals surface area contributed by atoms with Gasteiger partial charge in [0.1, 0.15) is 18.3 Å². The second-order valence-electron chi connectivity index (χ2n) is 8.54. The quantitative estimate of drug-likeness (QED) is 0.606. The maximum atomic E-state index is 11.5. The van der Waals surface area contributed by atoms with Crippen LogP contribution in [0.3, 0.4) is 0 Å². The van der Waals surface area contributed by atoms with Gasteiger partial charge in [-0.15, -0.1) is 0 Å². The van der Waals surface area contributed by atoms with Crippen LogP contribution in [0.4, 0.5) is 0 Å². The Bertz CT molecular complexity index is 596. The number of carbonyl (C=O) groups excluding carboxylic acids is 1. The summed E-state index contributed by atoms with van der Waals surface area (Å²) in [6.07, 6.45) is -1.88. The van der Waals surface area contributed by atoms with Gasteiger partial charge in [-0.3, -0.25) is 4.79 Å². The zero-order valence-corrected chi connectivity index (χ0v) is 17.7. The van der Waals surface area contributed by atoms with Crippen LogP contribution in [0.1, 0.15) is 33.3 Å². The van der Waals surface area contributed by atoms with Gasteiger partial charge in [-0.05, 0) is 23.7 Å². The minimum atomic E-state index is -1.95. The monoisotopic (exact) mass is 380 g/mol. The fraction of sp³-hybridized carbons (Fsp3) is 0.650. The molecule has 146 valence electrons. The summed E-state index contributed by atoms with van der Waals surface area (Å²) in [5, 5.41) is 10.8. The van der Waals surface area contributed by atoms with E-state index in [1.54, 1.807) is 0 Å². The number of hydrogen-bond donors (Lipinski definition) is 1. The molecule has 0 aromatic heterocycles. The van der Waals surface area contributed by atoms with Gasteiger partial charge in [0.15, 0.2) is 14.4 Å². The van der Waals surface area contributed by atoms with Crippen molar-refractivity contribution in [2.45, 2.75) is 76.7 Å². The minimum Gasteiger partial charge on any atom is -0.457 e. The van der Waals surface area contributed by atoms with Gasteiger partial charge in [0.2, 0.25) is 0 Å². The van der Waals surface area contributed by atoms with E-state index in [1.165, 1.54) is 6.92 Å². The van der Waals surface area contributed by atoms with E-state index in [1.807, 2.05) is 30.3 Å². The second-order valence-corrected chi connectivity index (χ2v) is 13.3. The highest BCUT2D eigenvalue weighted by Gasteiger charge is 2.47. The Kier molecular flexibility index (Phi) is 6.66. The van der Waals surface area contributed by atoms with Gasteiger partial charge in [-0.1, -0.05) is 51.1 Å². The Morgan fingerprint density at radius 1 is 1.19 bits per heavy atom. The third-order valence-corrected chi connectivity index (χ3v) is 9.93. The maximum absolute atomic E-state index is 11.5. The van der Waals surface area contributed by atoms with Crippen molar-refractivity contribution < 1.29 is 23.8 Å². The average molecular weight is 381 g/mol. The Morgan fingerprint density at radius 3 is 2.35 bits per heavy atom. The first-order valence-corrected chi connectivity index (χ1v) is 12.1. The fourth-order valence-electron chi connectivity index (χ4n) is 2.81. The molecule has 0 radical (unpaired) electrons. The summed E-state index contributed by atoms with van der Waals surface area (Å²) in [6.45, 7) is 12.5. The summed E-state index contributed by atoms with van der Waals surface area (Å²) >= 11 is 0. The van der Waals surface area contributed by atoms with Gasteiger partial charge in [0.05, 0.1) is 6.61 Å². The highest BCUT2D eigenvalue weighted by molar-refractivity contribution is 6.74. The second kappa shape index (κ2) is 8.21. The molecule has 2 rings (SSSR count). The molecule has 1 fully saturated rings. The van der Waals surface area contributed by atoms with Gasteiger partial charge >= 0.3 is 5.97 Å². The van der Waals surface area contributed by atoms with E-state index in [-0.39, 0.29) is 11.1 Å². The molecule has 1 unspecified atom stereocenters. The van der Waals surface area contributed by atoms with Gasteiger partial charge in [0, 0.05) is 13.3 Å². The molecule has 0 spiro atoms. The standard InChI is InChI=1S/C20H32O5Si/c1-14(21)24-19-16(12-15-10-8-7-9-11-15)25-17(18(19)22)13-23-26(5,6)20(2,3)4/h7-11,16-19,22H,12-13H2,1-6H3/t16-,17+,18?,19+/m0/s1. The Balaban J connectivity index is 2.08. The summed E-state index contributed by atoms with van der Waals surface area (Å²) in [7, 11) is -1.95. The number of aliphatic hydroxyl groups is 1. The lowest BCUT2D eigenvalue weighted by Crippen LogP contribution is -2.45. The van der Waals surface area contributed by atoms with Crippen LogP contribution in [0.2, 0.25) is 18.1 Å². The number of carbonyl (C=O) groups is 1. The fourth-order valence-corrected chi connectivity index (χ4v) is 3.82. The van der Waals surface area contributed by atoms with Gasteiger partial charge in [-0.25, -0.2) is 0 Å². The topological polar surface area (TPSA) is 65.0 Å². The van der Waals surface area contributed by atoms with Crippen molar-refractivity contribution in [2.75, 3.05) is 6.61 Å². The summed E-state index contributed by atoms with van der Waals surface area (Å²) in [4.78, 5) is 11.5. The summed E-state index contributed by atoms with van der Waals surface area (Å²) < 4.78 is 17.7. The number of esters is 1. The molecule has 26 heavy (non-hydrogen) atoms. The van der Waals surface area contributed by atoms with Crippen molar-refractivity contribution in [2.24, 2.45) is 0 Å². The van der Waals surface area contributed by atoms with E-state index in [9.17, 15) is 9.90 Å². The van der Waals surface area contributed by atoms with Crippen molar-refractivity contribution in [3.8, 4) is 0 Å². The predicted octanol–water partition coefficient (Wildman–Crippen LogP) is 3.31. The van der Waals surface area contributed by atoms with Crippen LogP contribution >= 0.6 is 0 Å². The minimum absolute atomic E-state index is 0.0787. The SMILES string of the molecule is CC(=O)O[C@H]1C(O)[C@@H](CO[Si](C)(C)C(C)(C)C)O[C@H]1Cc1ccccc1. The lowest BCUT2D eigenvalue weighted by Gasteiger charge is -2.37. The third-order valence-electron chi connectivity index (χ3n) is 5.43. The zero-order valence-electron chi connectivity index (χ0n) is 16.7. The summed E-state index contributed by atoms with van der Waals surface area (Å²) in [5.74, 6) is -0.415. The van der Waals surface area contributed by atoms with Crippen molar-refractivity contribution >= 4 is 14.3 Å². The van der Waals surface area contributed by atoms with Crippen LogP contribution < -0.4 is 0 Å². The van der Waals surface area contributed by atoms with Gasteiger partial charge in [0.25, 0.3) is 0 Å². The van der Waals surface area contributed by atoms with Crippen LogP contribution in [-0.4, -0.2) is 50.4 Å². The number of benzene rings is 1. The molecule has 1 aromatic carbocycles. The van der Waals surface area contributed by atoms with Crippen LogP contribution in [0.25, 0.3) is 0 Å². The van der Waals surface area contributed by atoms with Crippen molar-refractivity contribution in [1.82, 2.24) is 0 Å². The highest BCUT2D eigenvalue weighted by atomic mass is 28.4. The molecule has 1 heterocycles. The van der Waals surface area contributed by atoms with Gasteiger partial charge < -0.3 is 19.0 Å². The molecule has 5 nitrogen and oxygen atoms in total. The zero-order chi connectivity index (χ0) is 19.5. The van der Waals surface area contributed by atoms with E-state index in [2.05, 4.69) is 33.9 Å². The van der Waals surface area contributed by atoms with Crippen molar-refractivity contribution in [3.63, 3.8) is 0 Å². The third kappa shape index (κ3) is 5.16. The lowest BCUT2D eigenvalue weighted by molar-refractivity contribution is -0.152. The average Bonchev–Trinajstić information content (AvgIpc) is 2.81. The van der Waals surface area contributed by atoms with Crippen LogP contribution in [0.5, 0.6) is 0 Å². The molecule has 1 saturated heterocycles. The van der Waals surface area contributed by atoms with E-state index in [0.717, 1.165) is 5.56 Å². The molecular weight excluding hydrogens is 348 g/mol. The molecule has 1 aliphatic rings. The lowest BCUT2D eigenvalue weighted by atomic mass is 10.0.